The Morgan fingerprint density at radius 3 is 2.43 bits per heavy atom. The quantitative estimate of drug-likeness (QED) is 0.457. The Bertz CT molecular complexity index is 1060. The average Bonchev–Trinajstić information content (AvgIpc) is 3.18. The van der Waals surface area contributed by atoms with Gasteiger partial charge in [0.05, 0.1) is 18.9 Å². The summed E-state index contributed by atoms with van der Waals surface area (Å²) in [4.78, 5) is 44.3. The summed E-state index contributed by atoms with van der Waals surface area (Å²) in [5.74, 6) is 0.162. The smallest absolute Gasteiger partial charge is 0.272 e. The standard InChI is InChI=1S/C27H39N5O5/c1-6-9-21-14-24(29(4)28-21)27(35)32-17-23(37-19-26(34)30(7-2)8-3)16-31(25(33)18-32)15-20-10-12-22(36-5)13-11-20/h10-14,23H,6-9,15-19H2,1-5H3. The molecule has 1 saturated heterocycles. The van der Waals surface area contributed by atoms with E-state index in [2.05, 4.69) is 12.0 Å². The monoisotopic (exact) mass is 513 g/mol. The maximum atomic E-state index is 13.5. The number of methoxy groups -OCH3 is 1. The van der Waals surface area contributed by atoms with Crippen LogP contribution in [0.4, 0.5) is 0 Å². The summed E-state index contributed by atoms with van der Waals surface area (Å²) < 4.78 is 12.8. The van der Waals surface area contributed by atoms with Crippen LogP contribution in [0.3, 0.4) is 0 Å². The molecule has 3 amide bonds. The van der Waals surface area contributed by atoms with Gasteiger partial charge in [-0.3, -0.25) is 19.1 Å². The Kier molecular flexibility index (Phi) is 10.1. The molecular formula is C27H39N5O5. The third-order valence-corrected chi connectivity index (χ3v) is 6.56. The van der Waals surface area contributed by atoms with Gasteiger partial charge in [-0.15, -0.1) is 0 Å². The van der Waals surface area contributed by atoms with Gasteiger partial charge in [-0.2, -0.15) is 5.10 Å². The number of benzene rings is 1. The Labute approximate surface area is 219 Å². The second-order valence-corrected chi connectivity index (χ2v) is 9.20. The first-order valence-corrected chi connectivity index (χ1v) is 12.9. The molecule has 0 radical (unpaired) electrons. The topological polar surface area (TPSA) is 97.2 Å². The van der Waals surface area contributed by atoms with Gasteiger partial charge >= 0.3 is 0 Å². The minimum absolute atomic E-state index is 0.0763. The average molecular weight is 514 g/mol. The molecule has 1 aromatic carbocycles. The number of hydrogen-bond acceptors (Lipinski definition) is 6. The van der Waals surface area contributed by atoms with Crippen LogP contribution in [0.15, 0.2) is 30.3 Å². The minimum Gasteiger partial charge on any atom is -0.497 e. The van der Waals surface area contributed by atoms with Crippen molar-refractivity contribution < 1.29 is 23.9 Å². The van der Waals surface area contributed by atoms with E-state index in [1.165, 1.54) is 4.90 Å². The molecule has 3 rings (SSSR count). The summed E-state index contributed by atoms with van der Waals surface area (Å²) in [6.45, 7) is 7.73. The first kappa shape index (κ1) is 28.2. The zero-order valence-electron chi connectivity index (χ0n) is 22.6. The lowest BCUT2D eigenvalue weighted by Crippen LogP contribution is -2.42. The van der Waals surface area contributed by atoms with Crippen LogP contribution in [0, 0.1) is 0 Å². The van der Waals surface area contributed by atoms with Gasteiger partial charge in [0, 0.05) is 39.8 Å². The van der Waals surface area contributed by atoms with Gasteiger partial charge in [0.1, 0.15) is 24.6 Å². The van der Waals surface area contributed by atoms with Crippen molar-refractivity contribution in [2.24, 2.45) is 7.05 Å². The molecule has 0 spiro atoms. The fraction of sp³-hybridized carbons (Fsp3) is 0.556. The van der Waals surface area contributed by atoms with Crippen LogP contribution in [0.5, 0.6) is 5.75 Å². The van der Waals surface area contributed by atoms with E-state index in [9.17, 15) is 14.4 Å². The van der Waals surface area contributed by atoms with Gasteiger partial charge < -0.3 is 24.2 Å². The zero-order chi connectivity index (χ0) is 26.9. The van der Waals surface area contributed by atoms with Crippen molar-refractivity contribution in [2.45, 2.75) is 46.3 Å². The normalized spacial score (nSPS) is 16.0. The molecule has 10 heteroatoms. The van der Waals surface area contributed by atoms with Gasteiger partial charge in [-0.1, -0.05) is 25.5 Å². The molecule has 10 nitrogen and oxygen atoms in total. The van der Waals surface area contributed by atoms with Crippen molar-refractivity contribution in [3.05, 3.63) is 47.3 Å². The van der Waals surface area contributed by atoms with E-state index < -0.39 is 6.10 Å². The zero-order valence-corrected chi connectivity index (χ0v) is 22.6. The lowest BCUT2D eigenvalue weighted by Gasteiger charge is -2.26. The lowest BCUT2D eigenvalue weighted by molar-refractivity contribution is -0.138. The molecule has 0 bridgehead atoms. The van der Waals surface area contributed by atoms with E-state index >= 15 is 0 Å². The summed E-state index contributed by atoms with van der Waals surface area (Å²) >= 11 is 0. The number of amides is 3. The predicted octanol–water partition coefficient (Wildman–Crippen LogP) is 2.12. The van der Waals surface area contributed by atoms with Crippen LogP contribution in [-0.2, 0) is 34.3 Å². The fourth-order valence-corrected chi connectivity index (χ4v) is 4.47. The van der Waals surface area contributed by atoms with Gasteiger partial charge in [0.2, 0.25) is 11.8 Å². The van der Waals surface area contributed by atoms with Crippen molar-refractivity contribution in [1.29, 1.82) is 0 Å². The van der Waals surface area contributed by atoms with Crippen molar-refractivity contribution in [2.75, 3.05) is 46.4 Å². The molecule has 1 aliphatic heterocycles. The second-order valence-electron chi connectivity index (χ2n) is 9.20. The Morgan fingerprint density at radius 1 is 1.11 bits per heavy atom. The highest BCUT2D eigenvalue weighted by atomic mass is 16.5. The molecule has 202 valence electrons. The summed E-state index contributed by atoms with van der Waals surface area (Å²) in [6, 6.07) is 9.30. The van der Waals surface area contributed by atoms with Gasteiger partial charge in [-0.25, -0.2) is 0 Å². The van der Waals surface area contributed by atoms with Crippen molar-refractivity contribution in [3.8, 4) is 5.75 Å². The number of nitrogens with zero attached hydrogens (tertiary/aromatic N) is 5. The maximum absolute atomic E-state index is 13.5. The molecule has 0 saturated carbocycles. The number of aryl methyl sites for hydroxylation is 2. The van der Waals surface area contributed by atoms with E-state index in [-0.39, 0.29) is 44.0 Å². The molecule has 1 aromatic heterocycles. The molecule has 1 aliphatic rings. The number of carbonyl (C=O) groups excluding carboxylic acids is 3. The Balaban J connectivity index is 1.81. The van der Waals surface area contributed by atoms with E-state index in [1.54, 1.807) is 34.7 Å². The van der Waals surface area contributed by atoms with Crippen LogP contribution in [-0.4, -0.2) is 94.7 Å². The van der Waals surface area contributed by atoms with Gasteiger partial charge in [0.15, 0.2) is 0 Å². The molecular weight excluding hydrogens is 474 g/mol. The third kappa shape index (κ3) is 7.31. The van der Waals surface area contributed by atoms with E-state index in [4.69, 9.17) is 9.47 Å². The van der Waals surface area contributed by atoms with Crippen molar-refractivity contribution in [1.82, 2.24) is 24.5 Å². The SMILES string of the molecule is CCCc1cc(C(=O)N2CC(=O)N(Cc3ccc(OC)cc3)CC(OCC(=O)N(CC)CC)C2)n(C)n1. The molecule has 0 aliphatic carbocycles. The van der Waals surface area contributed by atoms with E-state index in [0.29, 0.717) is 25.3 Å². The largest absolute Gasteiger partial charge is 0.497 e. The maximum Gasteiger partial charge on any atom is 0.272 e. The molecule has 0 N–H and O–H groups in total. The van der Waals surface area contributed by atoms with Crippen LogP contribution < -0.4 is 4.74 Å². The molecule has 2 aromatic rings. The highest BCUT2D eigenvalue weighted by Gasteiger charge is 2.33. The number of hydrogen-bond donors (Lipinski definition) is 0. The molecule has 1 unspecified atom stereocenters. The van der Waals surface area contributed by atoms with Crippen LogP contribution in [0.1, 0.15) is 48.9 Å². The van der Waals surface area contributed by atoms with E-state index in [0.717, 1.165) is 29.8 Å². The van der Waals surface area contributed by atoms with Crippen molar-refractivity contribution >= 4 is 17.7 Å². The summed E-state index contributed by atoms with van der Waals surface area (Å²) in [5.41, 5.74) is 2.20. The fourth-order valence-electron chi connectivity index (χ4n) is 4.47. The van der Waals surface area contributed by atoms with Crippen LogP contribution in [0.25, 0.3) is 0 Å². The van der Waals surface area contributed by atoms with Crippen molar-refractivity contribution in [3.63, 3.8) is 0 Å². The number of likely N-dealkylation sites (N-methyl/N-ethyl adjacent to an activating group) is 1. The van der Waals surface area contributed by atoms with Crippen LogP contribution >= 0.6 is 0 Å². The number of rotatable bonds is 11. The molecule has 1 fully saturated rings. The lowest BCUT2D eigenvalue weighted by atomic mass is 10.2. The summed E-state index contributed by atoms with van der Waals surface area (Å²) in [7, 11) is 3.34. The summed E-state index contributed by atoms with van der Waals surface area (Å²) in [5, 5.41) is 4.44. The molecule has 1 atom stereocenters. The number of carbonyl (C=O) groups is 3. The highest BCUT2D eigenvalue weighted by molar-refractivity contribution is 5.95. The summed E-state index contributed by atoms with van der Waals surface area (Å²) in [6.07, 6.45) is 1.18. The predicted molar refractivity (Wildman–Crippen MR) is 139 cm³/mol. The Morgan fingerprint density at radius 2 is 1.81 bits per heavy atom. The van der Waals surface area contributed by atoms with Gasteiger partial charge in [0.25, 0.3) is 5.91 Å². The first-order valence-electron chi connectivity index (χ1n) is 12.9. The number of ether oxygens (including phenoxy) is 2. The second kappa shape index (κ2) is 13.2. The molecule has 2 heterocycles. The highest BCUT2D eigenvalue weighted by Crippen LogP contribution is 2.18. The first-order chi connectivity index (χ1) is 17.8. The van der Waals surface area contributed by atoms with Crippen LogP contribution in [0.2, 0.25) is 0 Å². The minimum atomic E-state index is -0.517. The number of aromatic nitrogens is 2. The Hall–Kier alpha value is -3.40. The molecule has 37 heavy (non-hydrogen) atoms. The van der Waals surface area contributed by atoms with E-state index in [1.807, 2.05) is 38.1 Å². The third-order valence-electron chi connectivity index (χ3n) is 6.56. The van der Waals surface area contributed by atoms with Gasteiger partial charge in [-0.05, 0) is 44.0 Å².